The van der Waals surface area contributed by atoms with Gasteiger partial charge in [-0.05, 0) is 47.0 Å². The molecule has 92 valence electrons. The van der Waals surface area contributed by atoms with Crippen molar-refractivity contribution in [3.8, 4) is 0 Å². The molecule has 0 aliphatic heterocycles. The summed E-state index contributed by atoms with van der Waals surface area (Å²) in [6.45, 7) is 3.81. The smallest absolute Gasteiger partial charge is 0.310 e. The van der Waals surface area contributed by atoms with Crippen molar-refractivity contribution in [2.24, 2.45) is 0 Å². The lowest BCUT2D eigenvalue weighted by atomic mass is 10.1. The van der Waals surface area contributed by atoms with E-state index < -0.39 is 4.92 Å². The van der Waals surface area contributed by atoms with Crippen molar-refractivity contribution in [3.05, 3.63) is 37.8 Å². The number of aryl methyl sites for hydroxylation is 1. The second-order valence-electron chi connectivity index (χ2n) is 3.47. The first-order chi connectivity index (χ1) is 7.95. The second kappa shape index (κ2) is 5.77. The summed E-state index contributed by atoms with van der Waals surface area (Å²) >= 11 is 3.12. The van der Waals surface area contributed by atoms with E-state index in [1.165, 1.54) is 6.07 Å². The summed E-state index contributed by atoms with van der Waals surface area (Å²) in [4.78, 5) is 21.6. The average Bonchev–Trinajstić information content (AvgIpc) is 2.21. The van der Waals surface area contributed by atoms with Gasteiger partial charge in [0.2, 0.25) is 0 Å². The van der Waals surface area contributed by atoms with E-state index in [9.17, 15) is 14.9 Å². The fourth-order valence-electron chi connectivity index (χ4n) is 1.40. The van der Waals surface area contributed by atoms with E-state index in [1.807, 2.05) is 0 Å². The average molecular weight is 302 g/mol. The molecule has 6 heteroatoms. The highest BCUT2D eigenvalue weighted by atomic mass is 79.9. The van der Waals surface area contributed by atoms with Crippen LogP contribution in [0, 0.1) is 17.0 Å². The van der Waals surface area contributed by atoms with E-state index in [2.05, 4.69) is 15.9 Å². The molecule has 17 heavy (non-hydrogen) atoms. The van der Waals surface area contributed by atoms with Crippen molar-refractivity contribution in [1.82, 2.24) is 0 Å². The Bertz CT molecular complexity index is 459. The molecule has 0 aliphatic rings. The van der Waals surface area contributed by atoms with Crippen LogP contribution in [-0.4, -0.2) is 17.5 Å². The van der Waals surface area contributed by atoms with Gasteiger partial charge >= 0.3 is 5.97 Å². The van der Waals surface area contributed by atoms with Crippen LogP contribution in [0.25, 0.3) is 0 Å². The van der Waals surface area contributed by atoms with Crippen molar-refractivity contribution in [2.45, 2.75) is 20.3 Å². The third-order valence-electron chi connectivity index (χ3n) is 2.24. The van der Waals surface area contributed by atoms with Crippen molar-refractivity contribution >= 4 is 27.6 Å². The van der Waals surface area contributed by atoms with Gasteiger partial charge in [0, 0.05) is 6.07 Å². The second-order valence-corrected chi connectivity index (χ2v) is 4.32. The number of nitro benzene ring substituents is 1. The summed E-state index contributed by atoms with van der Waals surface area (Å²) in [5.74, 6) is -0.382. The monoisotopic (exact) mass is 301 g/mol. The molecule has 1 aromatic carbocycles. The molecule has 0 bridgehead atoms. The standard InChI is InChI=1S/C11H12BrNO4/c1-3-17-11(14)6-8-5-10(13(15)16)9(12)4-7(8)2/h4-5H,3,6H2,1-2H3. The Morgan fingerprint density at radius 3 is 2.71 bits per heavy atom. The first-order valence-corrected chi connectivity index (χ1v) is 5.84. The van der Waals surface area contributed by atoms with Gasteiger partial charge in [0.25, 0.3) is 5.69 Å². The summed E-state index contributed by atoms with van der Waals surface area (Å²) in [5.41, 5.74) is 1.38. The summed E-state index contributed by atoms with van der Waals surface area (Å²) in [6, 6.07) is 3.03. The molecule has 0 amide bonds. The predicted octanol–water partition coefficient (Wildman–Crippen LogP) is 2.77. The van der Waals surface area contributed by atoms with E-state index in [1.54, 1.807) is 19.9 Å². The molecule has 0 radical (unpaired) electrons. The molecule has 0 unspecified atom stereocenters. The Morgan fingerprint density at radius 1 is 1.53 bits per heavy atom. The summed E-state index contributed by atoms with van der Waals surface area (Å²) in [6.07, 6.45) is 0.0494. The number of benzene rings is 1. The molecular weight excluding hydrogens is 290 g/mol. The van der Waals surface area contributed by atoms with Crippen LogP contribution in [0.2, 0.25) is 0 Å². The van der Waals surface area contributed by atoms with Crippen LogP contribution in [0.5, 0.6) is 0 Å². The normalized spacial score (nSPS) is 10.1. The molecule has 0 saturated heterocycles. The molecule has 1 aromatic rings. The lowest BCUT2D eigenvalue weighted by Gasteiger charge is -2.06. The van der Waals surface area contributed by atoms with Gasteiger partial charge in [-0.1, -0.05) is 0 Å². The molecule has 0 N–H and O–H groups in total. The number of carbonyl (C=O) groups excluding carboxylic acids is 1. The van der Waals surface area contributed by atoms with Crippen molar-refractivity contribution in [3.63, 3.8) is 0 Å². The molecule has 5 nitrogen and oxygen atoms in total. The number of hydrogen-bond acceptors (Lipinski definition) is 4. The molecular formula is C11H12BrNO4. The van der Waals surface area contributed by atoms with E-state index >= 15 is 0 Å². The van der Waals surface area contributed by atoms with E-state index in [4.69, 9.17) is 4.74 Å². The number of carbonyl (C=O) groups is 1. The van der Waals surface area contributed by atoms with Crippen LogP contribution in [0.4, 0.5) is 5.69 Å². The van der Waals surface area contributed by atoms with Crippen LogP contribution >= 0.6 is 15.9 Å². The van der Waals surface area contributed by atoms with Gasteiger partial charge < -0.3 is 4.74 Å². The summed E-state index contributed by atoms with van der Waals surface area (Å²) in [7, 11) is 0. The van der Waals surface area contributed by atoms with Crippen LogP contribution in [0.3, 0.4) is 0 Å². The van der Waals surface area contributed by atoms with E-state index in [0.29, 0.717) is 16.6 Å². The number of nitro groups is 1. The Balaban J connectivity index is 3.03. The van der Waals surface area contributed by atoms with E-state index in [-0.39, 0.29) is 18.1 Å². The maximum absolute atomic E-state index is 11.3. The van der Waals surface area contributed by atoms with E-state index in [0.717, 1.165) is 5.56 Å². The van der Waals surface area contributed by atoms with Crippen LogP contribution < -0.4 is 0 Å². The van der Waals surface area contributed by atoms with Crippen LogP contribution in [0.15, 0.2) is 16.6 Å². The zero-order valence-corrected chi connectivity index (χ0v) is 11.1. The minimum absolute atomic E-state index is 0.0464. The van der Waals surface area contributed by atoms with Crippen LogP contribution in [0.1, 0.15) is 18.1 Å². The molecule has 0 aliphatic carbocycles. The SMILES string of the molecule is CCOC(=O)Cc1cc([N+](=O)[O-])c(Br)cc1C. The lowest BCUT2D eigenvalue weighted by molar-refractivity contribution is -0.385. The Kier molecular flexibility index (Phi) is 4.62. The van der Waals surface area contributed by atoms with Crippen molar-refractivity contribution in [2.75, 3.05) is 6.61 Å². The molecule has 0 heterocycles. The number of rotatable bonds is 4. The third kappa shape index (κ3) is 3.52. The highest BCUT2D eigenvalue weighted by Crippen LogP contribution is 2.28. The first-order valence-electron chi connectivity index (χ1n) is 5.04. The topological polar surface area (TPSA) is 69.4 Å². The molecule has 0 atom stereocenters. The largest absolute Gasteiger partial charge is 0.466 e. The zero-order valence-electron chi connectivity index (χ0n) is 9.53. The molecule has 0 saturated carbocycles. The molecule has 0 aromatic heterocycles. The number of halogens is 1. The summed E-state index contributed by atoms with van der Waals surface area (Å²) in [5, 5.41) is 10.8. The van der Waals surface area contributed by atoms with Crippen LogP contribution in [-0.2, 0) is 16.0 Å². The molecule has 0 fully saturated rings. The Morgan fingerprint density at radius 2 is 2.18 bits per heavy atom. The third-order valence-corrected chi connectivity index (χ3v) is 2.88. The fourth-order valence-corrected chi connectivity index (χ4v) is 2.01. The molecule has 0 spiro atoms. The van der Waals surface area contributed by atoms with Gasteiger partial charge in [0.15, 0.2) is 0 Å². The molecule has 1 rings (SSSR count). The van der Waals surface area contributed by atoms with Crippen molar-refractivity contribution in [1.29, 1.82) is 0 Å². The van der Waals surface area contributed by atoms with Gasteiger partial charge in [-0.3, -0.25) is 14.9 Å². The number of nitrogens with zero attached hydrogens (tertiary/aromatic N) is 1. The first kappa shape index (κ1) is 13.6. The number of hydrogen-bond donors (Lipinski definition) is 0. The van der Waals surface area contributed by atoms with Gasteiger partial charge in [0.05, 0.1) is 22.4 Å². The number of esters is 1. The number of ether oxygens (including phenoxy) is 1. The van der Waals surface area contributed by atoms with Gasteiger partial charge in [-0.25, -0.2) is 0 Å². The van der Waals surface area contributed by atoms with Gasteiger partial charge in [0.1, 0.15) is 0 Å². The predicted molar refractivity (Wildman–Crippen MR) is 65.9 cm³/mol. The Labute approximate surface area is 107 Å². The van der Waals surface area contributed by atoms with Gasteiger partial charge in [-0.2, -0.15) is 0 Å². The summed E-state index contributed by atoms with van der Waals surface area (Å²) < 4.78 is 5.22. The minimum atomic E-state index is -0.488. The zero-order chi connectivity index (χ0) is 13.0. The lowest BCUT2D eigenvalue weighted by Crippen LogP contribution is -2.09. The maximum atomic E-state index is 11.3. The Hall–Kier alpha value is -1.43. The highest BCUT2D eigenvalue weighted by molar-refractivity contribution is 9.10. The quantitative estimate of drug-likeness (QED) is 0.487. The highest BCUT2D eigenvalue weighted by Gasteiger charge is 2.16. The maximum Gasteiger partial charge on any atom is 0.310 e. The fraction of sp³-hybridized carbons (Fsp3) is 0.364. The van der Waals surface area contributed by atoms with Crippen molar-refractivity contribution < 1.29 is 14.5 Å². The minimum Gasteiger partial charge on any atom is -0.466 e. The van der Waals surface area contributed by atoms with Gasteiger partial charge in [-0.15, -0.1) is 0 Å².